The van der Waals surface area contributed by atoms with Crippen LogP contribution in [0.3, 0.4) is 0 Å². The molecule has 0 atom stereocenters. The third-order valence-corrected chi connectivity index (χ3v) is 3.46. The van der Waals surface area contributed by atoms with Crippen molar-refractivity contribution < 1.29 is 9.90 Å². The Balaban J connectivity index is 2.08. The van der Waals surface area contributed by atoms with E-state index in [9.17, 15) is 9.90 Å². The average molecular weight is 341 g/mol. The second kappa shape index (κ2) is 6.08. The van der Waals surface area contributed by atoms with Gasteiger partial charge >= 0.3 is 0 Å². The van der Waals surface area contributed by atoms with Gasteiger partial charge in [0, 0.05) is 16.0 Å². The van der Waals surface area contributed by atoms with Crippen molar-refractivity contribution in [1.29, 1.82) is 0 Å². The minimum absolute atomic E-state index is 0.0639. The summed E-state index contributed by atoms with van der Waals surface area (Å²) in [6.45, 7) is 0.314. The number of phenols is 1. The summed E-state index contributed by atoms with van der Waals surface area (Å²) >= 11 is 9.22. The van der Waals surface area contributed by atoms with Crippen molar-refractivity contribution in [2.45, 2.75) is 6.54 Å². The van der Waals surface area contributed by atoms with Gasteiger partial charge in [0.05, 0.1) is 5.56 Å². The quantitative estimate of drug-likeness (QED) is 0.894. The van der Waals surface area contributed by atoms with E-state index < -0.39 is 0 Å². The number of hydrogen-bond acceptors (Lipinski definition) is 2. The first-order chi connectivity index (χ1) is 9.08. The van der Waals surface area contributed by atoms with Crippen molar-refractivity contribution in [3.63, 3.8) is 0 Å². The lowest BCUT2D eigenvalue weighted by Gasteiger charge is -2.08. The van der Waals surface area contributed by atoms with E-state index in [2.05, 4.69) is 21.2 Å². The highest BCUT2D eigenvalue weighted by molar-refractivity contribution is 9.10. The summed E-state index contributed by atoms with van der Waals surface area (Å²) < 4.78 is 0.715. The molecule has 0 fully saturated rings. The maximum absolute atomic E-state index is 11.9. The van der Waals surface area contributed by atoms with Crippen molar-refractivity contribution in [1.82, 2.24) is 5.32 Å². The number of hydrogen-bond donors (Lipinski definition) is 2. The zero-order chi connectivity index (χ0) is 13.8. The fourth-order valence-corrected chi connectivity index (χ4v) is 2.16. The second-order valence-corrected chi connectivity index (χ2v) is 5.26. The van der Waals surface area contributed by atoms with Crippen LogP contribution in [0.2, 0.25) is 5.02 Å². The Morgan fingerprint density at radius 2 is 2.00 bits per heavy atom. The molecule has 0 aliphatic rings. The van der Waals surface area contributed by atoms with Gasteiger partial charge in [-0.25, -0.2) is 0 Å². The molecule has 0 radical (unpaired) electrons. The first kappa shape index (κ1) is 13.9. The van der Waals surface area contributed by atoms with E-state index >= 15 is 0 Å². The minimum Gasteiger partial charge on any atom is -0.507 e. The van der Waals surface area contributed by atoms with E-state index in [4.69, 9.17) is 11.6 Å². The Bertz CT molecular complexity index is 616. The number of rotatable bonds is 3. The van der Waals surface area contributed by atoms with Crippen LogP contribution in [0.25, 0.3) is 0 Å². The van der Waals surface area contributed by atoms with Crippen molar-refractivity contribution in [2.75, 3.05) is 0 Å². The van der Waals surface area contributed by atoms with Gasteiger partial charge in [0.2, 0.25) is 0 Å². The first-order valence-corrected chi connectivity index (χ1v) is 6.75. The topological polar surface area (TPSA) is 49.3 Å². The summed E-state index contributed by atoms with van der Waals surface area (Å²) in [6.07, 6.45) is 0. The summed E-state index contributed by atoms with van der Waals surface area (Å²) in [5.74, 6) is -0.407. The highest BCUT2D eigenvalue weighted by Crippen LogP contribution is 2.22. The molecule has 0 saturated heterocycles. The van der Waals surface area contributed by atoms with Crippen molar-refractivity contribution in [3.8, 4) is 5.75 Å². The van der Waals surface area contributed by atoms with Crippen LogP contribution in [0.1, 0.15) is 15.9 Å². The van der Waals surface area contributed by atoms with Crippen LogP contribution in [-0.4, -0.2) is 11.0 Å². The monoisotopic (exact) mass is 339 g/mol. The number of nitrogens with one attached hydrogen (secondary N) is 1. The van der Waals surface area contributed by atoms with E-state index in [0.29, 0.717) is 16.0 Å². The molecule has 5 heteroatoms. The number of carbonyl (C=O) groups is 1. The van der Waals surface area contributed by atoms with Crippen LogP contribution in [0.15, 0.2) is 46.9 Å². The molecular weight excluding hydrogens is 330 g/mol. The maximum atomic E-state index is 11.9. The van der Waals surface area contributed by atoms with Crippen LogP contribution >= 0.6 is 27.5 Å². The van der Waals surface area contributed by atoms with Crippen LogP contribution in [-0.2, 0) is 6.54 Å². The number of carbonyl (C=O) groups excluding carboxylic acids is 1. The Morgan fingerprint density at radius 1 is 1.26 bits per heavy atom. The fourth-order valence-electron chi connectivity index (χ4n) is 1.61. The van der Waals surface area contributed by atoms with Gasteiger partial charge in [-0.05, 0) is 29.8 Å². The van der Waals surface area contributed by atoms with Gasteiger partial charge in [-0.2, -0.15) is 0 Å². The van der Waals surface area contributed by atoms with E-state index in [1.807, 2.05) is 18.2 Å². The lowest BCUT2D eigenvalue weighted by atomic mass is 10.1. The van der Waals surface area contributed by atoms with Gasteiger partial charge < -0.3 is 10.4 Å². The van der Waals surface area contributed by atoms with Crippen molar-refractivity contribution in [3.05, 3.63) is 63.1 Å². The van der Waals surface area contributed by atoms with E-state index in [1.54, 1.807) is 18.2 Å². The molecule has 19 heavy (non-hydrogen) atoms. The van der Waals surface area contributed by atoms with Crippen LogP contribution in [0.4, 0.5) is 0 Å². The molecule has 2 rings (SSSR count). The Hall–Kier alpha value is -1.52. The molecule has 0 heterocycles. The van der Waals surface area contributed by atoms with Crippen LogP contribution < -0.4 is 5.32 Å². The van der Waals surface area contributed by atoms with Crippen molar-refractivity contribution in [2.24, 2.45) is 0 Å². The molecule has 2 N–H and O–H groups in total. The molecule has 2 aromatic rings. The average Bonchev–Trinajstić information content (AvgIpc) is 2.37. The summed E-state index contributed by atoms with van der Waals surface area (Å²) in [5, 5.41) is 13.0. The number of halogens is 2. The predicted octanol–water partition coefficient (Wildman–Crippen LogP) is 3.74. The Morgan fingerprint density at radius 3 is 2.68 bits per heavy atom. The largest absolute Gasteiger partial charge is 0.507 e. The van der Waals surface area contributed by atoms with E-state index in [-0.39, 0.29) is 17.2 Å². The fraction of sp³-hybridized carbons (Fsp3) is 0.0714. The van der Waals surface area contributed by atoms with Gasteiger partial charge in [-0.15, -0.1) is 0 Å². The Labute approximate surface area is 124 Å². The van der Waals surface area contributed by atoms with E-state index in [0.717, 1.165) is 5.56 Å². The molecule has 0 bridgehead atoms. The summed E-state index contributed by atoms with van der Waals surface area (Å²) in [4.78, 5) is 11.9. The van der Waals surface area contributed by atoms with Crippen LogP contribution in [0, 0.1) is 0 Å². The SMILES string of the molecule is O=C(NCc1ccccc1Cl)c1ccc(Br)cc1O. The smallest absolute Gasteiger partial charge is 0.255 e. The summed E-state index contributed by atoms with van der Waals surface area (Å²) in [7, 11) is 0. The molecule has 3 nitrogen and oxygen atoms in total. The summed E-state index contributed by atoms with van der Waals surface area (Å²) in [5.41, 5.74) is 1.06. The zero-order valence-electron chi connectivity index (χ0n) is 9.86. The summed E-state index contributed by atoms with van der Waals surface area (Å²) in [6, 6.07) is 12.0. The number of amides is 1. The third-order valence-electron chi connectivity index (χ3n) is 2.60. The lowest BCUT2D eigenvalue weighted by Crippen LogP contribution is -2.23. The molecule has 0 aliphatic heterocycles. The standard InChI is InChI=1S/C14H11BrClNO2/c15-10-5-6-11(13(18)7-10)14(19)17-8-9-3-1-2-4-12(9)16/h1-7,18H,8H2,(H,17,19). The molecule has 0 spiro atoms. The highest BCUT2D eigenvalue weighted by Gasteiger charge is 2.11. The molecule has 0 unspecified atom stereocenters. The second-order valence-electron chi connectivity index (χ2n) is 3.94. The molecule has 0 aromatic heterocycles. The number of benzene rings is 2. The van der Waals surface area contributed by atoms with Gasteiger partial charge in [-0.3, -0.25) is 4.79 Å². The van der Waals surface area contributed by atoms with Gasteiger partial charge in [-0.1, -0.05) is 45.7 Å². The van der Waals surface area contributed by atoms with Crippen molar-refractivity contribution >= 4 is 33.4 Å². The highest BCUT2D eigenvalue weighted by atomic mass is 79.9. The predicted molar refractivity (Wildman–Crippen MR) is 78.4 cm³/mol. The van der Waals surface area contributed by atoms with Gasteiger partial charge in [0.1, 0.15) is 5.75 Å². The third kappa shape index (κ3) is 3.49. The molecule has 0 aliphatic carbocycles. The first-order valence-electron chi connectivity index (χ1n) is 5.58. The van der Waals surface area contributed by atoms with Crippen LogP contribution in [0.5, 0.6) is 5.75 Å². The molecular formula is C14H11BrClNO2. The molecule has 2 aromatic carbocycles. The van der Waals surface area contributed by atoms with Gasteiger partial charge in [0.15, 0.2) is 0 Å². The van der Waals surface area contributed by atoms with Gasteiger partial charge in [0.25, 0.3) is 5.91 Å². The molecule has 0 saturated carbocycles. The maximum Gasteiger partial charge on any atom is 0.255 e. The molecule has 1 amide bonds. The number of phenolic OH excluding ortho intramolecular Hbond substituents is 1. The minimum atomic E-state index is -0.343. The number of aromatic hydroxyl groups is 1. The zero-order valence-corrected chi connectivity index (χ0v) is 12.2. The van der Waals surface area contributed by atoms with E-state index in [1.165, 1.54) is 6.07 Å². The normalized spacial score (nSPS) is 10.2. The Kier molecular flexibility index (Phi) is 4.45. The lowest BCUT2D eigenvalue weighted by molar-refractivity contribution is 0.0948. The molecule has 98 valence electrons.